The van der Waals surface area contributed by atoms with Gasteiger partial charge in [-0.2, -0.15) is 0 Å². The number of benzene rings is 1. The minimum absolute atomic E-state index is 0.827. The minimum atomic E-state index is 0.827. The number of nitrogens with zero attached hydrogens (tertiary/aromatic N) is 1. The van der Waals surface area contributed by atoms with Crippen molar-refractivity contribution in [3.63, 3.8) is 0 Å². The third-order valence-corrected chi connectivity index (χ3v) is 4.66. The molecule has 0 aromatic heterocycles. The first kappa shape index (κ1) is 15.3. The number of likely N-dealkylation sites (tertiary alicyclic amines) is 1. The summed E-state index contributed by atoms with van der Waals surface area (Å²) >= 11 is 9.62. The van der Waals surface area contributed by atoms with Gasteiger partial charge in [0.2, 0.25) is 0 Å². The Morgan fingerprint density at radius 2 is 2.11 bits per heavy atom. The van der Waals surface area contributed by atoms with Gasteiger partial charge in [0, 0.05) is 29.1 Å². The largest absolute Gasteiger partial charge is 0.311 e. The van der Waals surface area contributed by atoms with Crippen molar-refractivity contribution < 1.29 is 0 Å². The molecule has 0 amide bonds. The highest BCUT2D eigenvalue weighted by Gasteiger charge is 2.14. The highest BCUT2D eigenvalue weighted by Crippen LogP contribution is 2.21. The van der Waals surface area contributed by atoms with Gasteiger partial charge < -0.3 is 10.2 Å². The van der Waals surface area contributed by atoms with Gasteiger partial charge in [-0.05, 0) is 49.5 Å². The quantitative estimate of drug-likeness (QED) is 0.814. The molecule has 0 unspecified atom stereocenters. The zero-order valence-corrected chi connectivity index (χ0v) is 13.8. The topological polar surface area (TPSA) is 15.3 Å². The van der Waals surface area contributed by atoms with Crippen LogP contribution in [0.5, 0.6) is 0 Å². The SMILES string of the molecule is CC1CCN(CCNCc2ccc(Br)cc2Cl)CC1. The monoisotopic (exact) mass is 344 g/mol. The predicted molar refractivity (Wildman–Crippen MR) is 85.7 cm³/mol. The molecule has 1 aliphatic heterocycles. The fraction of sp³-hybridized carbons (Fsp3) is 0.600. The van der Waals surface area contributed by atoms with Crippen molar-refractivity contribution in [2.45, 2.75) is 26.3 Å². The van der Waals surface area contributed by atoms with Crippen LogP contribution in [-0.4, -0.2) is 31.1 Å². The lowest BCUT2D eigenvalue weighted by molar-refractivity contribution is 0.193. The Balaban J connectivity index is 1.66. The molecule has 0 radical (unpaired) electrons. The number of hydrogen-bond donors (Lipinski definition) is 1. The second kappa shape index (κ2) is 7.63. The van der Waals surface area contributed by atoms with Crippen molar-refractivity contribution in [1.29, 1.82) is 0 Å². The van der Waals surface area contributed by atoms with E-state index in [0.717, 1.165) is 40.6 Å². The molecule has 2 rings (SSSR count). The van der Waals surface area contributed by atoms with E-state index in [-0.39, 0.29) is 0 Å². The van der Waals surface area contributed by atoms with Crippen LogP contribution >= 0.6 is 27.5 Å². The van der Waals surface area contributed by atoms with Crippen LogP contribution in [0.2, 0.25) is 5.02 Å². The lowest BCUT2D eigenvalue weighted by atomic mass is 9.99. The molecular formula is C15H22BrClN2. The highest BCUT2D eigenvalue weighted by atomic mass is 79.9. The lowest BCUT2D eigenvalue weighted by Gasteiger charge is -2.30. The Labute approximate surface area is 129 Å². The summed E-state index contributed by atoms with van der Waals surface area (Å²) in [5.74, 6) is 0.908. The summed E-state index contributed by atoms with van der Waals surface area (Å²) in [4.78, 5) is 2.55. The summed E-state index contributed by atoms with van der Waals surface area (Å²) in [6, 6.07) is 6.06. The fourth-order valence-corrected chi connectivity index (χ4v) is 3.15. The van der Waals surface area contributed by atoms with Crippen LogP contribution < -0.4 is 5.32 Å². The zero-order valence-electron chi connectivity index (χ0n) is 11.5. The smallest absolute Gasteiger partial charge is 0.0462 e. The Morgan fingerprint density at radius 1 is 1.37 bits per heavy atom. The van der Waals surface area contributed by atoms with E-state index in [2.05, 4.69) is 39.1 Å². The van der Waals surface area contributed by atoms with Crippen molar-refractivity contribution >= 4 is 27.5 Å². The first-order chi connectivity index (χ1) is 9.15. The van der Waals surface area contributed by atoms with Crippen LogP contribution in [-0.2, 0) is 6.54 Å². The summed E-state index contributed by atoms with van der Waals surface area (Å²) < 4.78 is 1.03. The summed E-state index contributed by atoms with van der Waals surface area (Å²) in [7, 11) is 0. The Hall–Kier alpha value is -0.0900. The summed E-state index contributed by atoms with van der Waals surface area (Å²) in [6.07, 6.45) is 2.69. The van der Waals surface area contributed by atoms with E-state index in [9.17, 15) is 0 Å². The maximum atomic E-state index is 6.19. The average Bonchev–Trinajstić information content (AvgIpc) is 2.39. The third kappa shape index (κ3) is 5.07. The molecule has 4 heteroatoms. The van der Waals surface area contributed by atoms with Crippen LogP contribution in [0.25, 0.3) is 0 Å². The number of rotatable bonds is 5. The third-order valence-electron chi connectivity index (χ3n) is 3.81. The van der Waals surface area contributed by atoms with E-state index in [0.29, 0.717) is 0 Å². The van der Waals surface area contributed by atoms with Crippen LogP contribution in [0.4, 0.5) is 0 Å². The molecular weight excluding hydrogens is 324 g/mol. The van der Waals surface area contributed by atoms with Gasteiger partial charge in [-0.1, -0.05) is 40.5 Å². The number of hydrogen-bond acceptors (Lipinski definition) is 2. The first-order valence-corrected chi connectivity index (χ1v) is 8.19. The maximum Gasteiger partial charge on any atom is 0.0462 e. The van der Waals surface area contributed by atoms with Crippen LogP contribution in [0.3, 0.4) is 0 Å². The maximum absolute atomic E-state index is 6.19. The Bertz CT molecular complexity index is 403. The van der Waals surface area contributed by atoms with Crippen LogP contribution in [0, 0.1) is 5.92 Å². The summed E-state index contributed by atoms with van der Waals surface area (Å²) in [5, 5.41) is 4.31. The molecule has 0 atom stereocenters. The molecule has 1 heterocycles. The summed E-state index contributed by atoms with van der Waals surface area (Å²) in [5.41, 5.74) is 1.16. The number of nitrogens with one attached hydrogen (secondary N) is 1. The zero-order chi connectivity index (χ0) is 13.7. The van der Waals surface area contributed by atoms with Crippen molar-refractivity contribution in [3.8, 4) is 0 Å². The number of piperidine rings is 1. The molecule has 1 aliphatic rings. The second-order valence-corrected chi connectivity index (χ2v) is 6.76. The molecule has 0 spiro atoms. The van der Waals surface area contributed by atoms with Crippen molar-refractivity contribution in [2.24, 2.45) is 5.92 Å². The molecule has 2 nitrogen and oxygen atoms in total. The minimum Gasteiger partial charge on any atom is -0.311 e. The van der Waals surface area contributed by atoms with E-state index in [1.165, 1.54) is 25.9 Å². The molecule has 1 aromatic carbocycles. The fourth-order valence-electron chi connectivity index (χ4n) is 2.41. The van der Waals surface area contributed by atoms with Gasteiger partial charge in [-0.15, -0.1) is 0 Å². The lowest BCUT2D eigenvalue weighted by Crippen LogP contribution is -2.37. The summed E-state index contributed by atoms with van der Waals surface area (Å²) in [6.45, 7) is 7.87. The van der Waals surface area contributed by atoms with Crippen molar-refractivity contribution in [3.05, 3.63) is 33.3 Å². The first-order valence-electron chi connectivity index (χ1n) is 7.02. The van der Waals surface area contributed by atoms with E-state index < -0.39 is 0 Å². The molecule has 1 saturated heterocycles. The van der Waals surface area contributed by atoms with Crippen LogP contribution in [0.1, 0.15) is 25.3 Å². The molecule has 19 heavy (non-hydrogen) atoms. The van der Waals surface area contributed by atoms with Gasteiger partial charge in [0.1, 0.15) is 0 Å². The standard InChI is InChI=1S/C15H22BrClN2/c1-12-4-7-19(8-5-12)9-6-18-11-13-2-3-14(16)10-15(13)17/h2-3,10,12,18H,4-9,11H2,1H3. The Kier molecular flexibility index (Phi) is 6.14. The van der Waals surface area contributed by atoms with Gasteiger partial charge in [0.05, 0.1) is 0 Å². The van der Waals surface area contributed by atoms with Gasteiger partial charge >= 0.3 is 0 Å². The molecule has 1 aromatic rings. The Morgan fingerprint density at radius 3 is 2.79 bits per heavy atom. The van der Waals surface area contributed by atoms with E-state index >= 15 is 0 Å². The van der Waals surface area contributed by atoms with Gasteiger partial charge in [-0.3, -0.25) is 0 Å². The normalized spacial score (nSPS) is 17.8. The molecule has 0 aliphatic carbocycles. The molecule has 0 bridgehead atoms. The van der Waals surface area contributed by atoms with Crippen molar-refractivity contribution in [1.82, 2.24) is 10.2 Å². The molecule has 1 N–H and O–H groups in total. The van der Waals surface area contributed by atoms with Gasteiger partial charge in [0.15, 0.2) is 0 Å². The average molecular weight is 346 g/mol. The van der Waals surface area contributed by atoms with E-state index in [4.69, 9.17) is 11.6 Å². The van der Waals surface area contributed by atoms with Crippen LogP contribution in [0.15, 0.2) is 22.7 Å². The molecule has 0 saturated carbocycles. The van der Waals surface area contributed by atoms with E-state index in [1.807, 2.05) is 12.1 Å². The predicted octanol–water partition coefficient (Wildman–Crippen LogP) is 3.92. The van der Waals surface area contributed by atoms with E-state index in [1.54, 1.807) is 0 Å². The molecule has 106 valence electrons. The highest BCUT2D eigenvalue weighted by molar-refractivity contribution is 9.10. The van der Waals surface area contributed by atoms with Crippen molar-refractivity contribution in [2.75, 3.05) is 26.2 Å². The number of halogens is 2. The second-order valence-electron chi connectivity index (χ2n) is 5.44. The van der Waals surface area contributed by atoms with Gasteiger partial charge in [0.25, 0.3) is 0 Å². The molecule has 1 fully saturated rings. The van der Waals surface area contributed by atoms with Gasteiger partial charge in [-0.25, -0.2) is 0 Å².